The van der Waals surface area contributed by atoms with Crippen molar-refractivity contribution in [3.63, 3.8) is 0 Å². The number of allylic oxidation sites excluding steroid dienone is 1. The molecule has 1 aromatic rings. The van der Waals surface area contributed by atoms with Crippen molar-refractivity contribution in [2.45, 2.75) is 13.0 Å². The first-order valence-electron chi connectivity index (χ1n) is 5.65. The Morgan fingerprint density at radius 1 is 1.42 bits per heavy atom. The van der Waals surface area contributed by atoms with E-state index in [9.17, 15) is 9.59 Å². The molecule has 0 spiro atoms. The molecule has 1 aliphatic heterocycles. The second-order valence-electron chi connectivity index (χ2n) is 4.12. The minimum atomic E-state index is -0.570. The van der Waals surface area contributed by atoms with E-state index in [1.165, 1.54) is 7.11 Å². The number of carbonyl (C=O) groups excluding carboxylic acids is 2. The molecule has 1 heterocycles. The van der Waals surface area contributed by atoms with Crippen molar-refractivity contribution < 1.29 is 14.3 Å². The van der Waals surface area contributed by atoms with E-state index in [1.807, 2.05) is 0 Å². The molecule has 1 unspecified atom stereocenters. The van der Waals surface area contributed by atoms with Crippen LogP contribution in [0.3, 0.4) is 0 Å². The summed E-state index contributed by atoms with van der Waals surface area (Å²) in [6.45, 7) is 1.66. The van der Waals surface area contributed by atoms with Crippen LogP contribution in [0, 0.1) is 0 Å². The molecular formula is C13H13ClN2O3. The summed E-state index contributed by atoms with van der Waals surface area (Å²) < 4.78 is 4.76. The number of halogens is 1. The third-order valence-corrected chi connectivity index (χ3v) is 3.09. The highest BCUT2D eigenvalue weighted by atomic mass is 35.5. The van der Waals surface area contributed by atoms with Crippen molar-refractivity contribution in [2.24, 2.45) is 0 Å². The second kappa shape index (κ2) is 5.32. The highest BCUT2D eigenvalue weighted by molar-refractivity contribution is 6.30. The number of hydrogen-bond donors (Lipinski definition) is 2. The summed E-state index contributed by atoms with van der Waals surface area (Å²) in [5, 5.41) is 5.78. The Morgan fingerprint density at radius 2 is 2.16 bits per heavy atom. The average Bonchev–Trinajstić information content (AvgIpc) is 2.37. The third-order valence-electron chi connectivity index (χ3n) is 2.86. The Hall–Kier alpha value is -2.01. The quantitative estimate of drug-likeness (QED) is 0.816. The molecule has 2 N–H and O–H groups in total. The Bertz CT molecular complexity index is 569. The lowest BCUT2D eigenvalue weighted by Gasteiger charge is -2.27. The van der Waals surface area contributed by atoms with Crippen LogP contribution in [0.2, 0.25) is 5.02 Å². The van der Waals surface area contributed by atoms with Gasteiger partial charge < -0.3 is 15.4 Å². The number of carbonyl (C=O) groups is 2. The lowest BCUT2D eigenvalue weighted by molar-refractivity contribution is -0.136. The Labute approximate surface area is 115 Å². The molecule has 2 rings (SSSR count). The van der Waals surface area contributed by atoms with Gasteiger partial charge in [0.15, 0.2) is 0 Å². The van der Waals surface area contributed by atoms with Crippen molar-refractivity contribution in [2.75, 3.05) is 7.11 Å². The first-order chi connectivity index (χ1) is 9.02. The van der Waals surface area contributed by atoms with Gasteiger partial charge in [0.25, 0.3) is 0 Å². The van der Waals surface area contributed by atoms with Gasteiger partial charge in [-0.2, -0.15) is 0 Å². The SMILES string of the molecule is COC(=O)C1=C(C)NC(=O)NC1c1cccc(Cl)c1. The lowest BCUT2D eigenvalue weighted by atomic mass is 9.96. The van der Waals surface area contributed by atoms with Gasteiger partial charge in [0.1, 0.15) is 0 Å². The highest BCUT2D eigenvalue weighted by Gasteiger charge is 2.31. The summed E-state index contributed by atoms with van der Waals surface area (Å²) in [4.78, 5) is 23.4. The lowest BCUT2D eigenvalue weighted by Crippen LogP contribution is -2.45. The van der Waals surface area contributed by atoms with Crippen LogP contribution in [0.1, 0.15) is 18.5 Å². The zero-order valence-corrected chi connectivity index (χ0v) is 11.2. The maximum Gasteiger partial charge on any atom is 0.337 e. The maximum absolute atomic E-state index is 11.8. The number of urea groups is 1. The van der Waals surface area contributed by atoms with Crippen molar-refractivity contribution >= 4 is 23.6 Å². The smallest absolute Gasteiger partial charge is 0.337 e. The molecule has 0 fully saturated rings. The fraction of sp³-hybridized carbons (Fsp3) is 0.231. The van der Waals surface area contributed by atoms with Crippen molar-refractivity contribution in [3.8, 4) is 0 Å². The molecule has 1 aliphatic rings. The summed E-state index contributed by atoms with van der Waals surface area (Å²) in [5.74, 6) is -0.491. The van der Waals surface area contributed by atoms with Gasteiger partial charge in [0.05, 0.1) is 18.7 Å². The first kappa shape index (κ1) is 13.4. The number of rotatable bonds is 2. The van der Waals surface area contributed by atoms with Crippen molar-refractivity contribution in [1.82, 2.24) is 10.6 Å². The van der Waals surface area contributed by atoms with Crippen LogP contribution in [-0.4, -0.2) is 19.1 Å². The predicted molar refractivity (Wildman–Crippen MR) is 70.6 cm³/mol. The monoisotopic (exact) mass is 280 g/mol. The van der Waals surface area contributed by atoms with Gasteiger partial charge in [-0.1, -0.05) is 23.7 Å². The van der Waals surface area contributed by atoms with Crippen LogP contribution in [0.4, 0.5) is 4.79 Å². The van der Waals surface area contributed by atoms with Gasteiger partial charge in [0.2, 0.25) is 0 Å². The van der Waals surface area contributed by atoms with E-state index in [2.05, 4.69) is 10.6 Å². The summed E-state index contributed by atoms with van der Waals surface area (Å²) >= 11 is 5.94. The van der Waals surface area contributed by atoms with E-state index >= 15 is 0 Å². The molecule has 1 aromatic carbocycles. The predicted octanol–water partition coefficient (Wildman–Crippen LogP) is 2.14. The number of benzene rings is 1. The average molecular weight is 281 g/mol. The second-order valence-corrected chi connectivity index (χ2v) is 4.55. The van der Waals surface area contributed by atoms with E-state index in [-0.39, 0.29) is 6.03 Å². The van der Waals surface area contributed by atoms with E-state index in [0.29, 0.717) is 16.3 Å². The molecule has 0 saturated heterocycles. The number of hydrogen-bond acceptors (Lipinski definition) is 3. The van der Waals surface area contributed by atoms with Crippen LogP contribution >= 0.6 is 11.6 Å². The zero-order valence-electron chi connectivity index (χ0n) is 10.5. The van der Waals surface area contributed by atoms with E-state index in [1.54, 1.807) is 31.2 Å². The van der Waals surface area contributed by atoms with Gasteiger partial charge in [-0.15, -0.1) is 0 Å². The molecule has 6 heteroatoms. The van der Waals surface area contributed by atoms with E-state index in [4.69, 9.17) is 16.3 Å². The molecule has 100 valence electrons. The summed E-state index contributed by atoms with van der Waals surface area (Å²) in [5.41, 5.74) is 1.56. The van der Waals surface area contributed by atoms with Gasteiger partial charge in [-0.25, -0.2) is 9.59 Å². The fourth-order valence-electron chi connectivity index (χ4n) is 2.01. The fourth-order valence-corrected chi connectivity index (χ4v) is 2.21. The Balaban J connectivity index is 2.49. The molecule has 19 heavy (non-hydrogen) atoms. The largest absolute Gasteiger partial charge is 0.466 e. The number of methoxy groups -OCH3 is 1. The highest BCUT2D eigenvalue weighted by Crippen LogP contribution is 2.28. The molecule has 2 amide bonds. The van der Waals surface area contributed by atoms with Gasteiger partial charge >= 0.3 is 12.0 Å². The maximum atomic E-state index is 11.8. The molecule has 0 aromatic heterocycles. The molecule has 0 saturated carbocycles. The van der Waals surface area contributed by atoms with Crippen molar-refractivity contribution in [3.05, 3.63) is 46.1 Å². The minimum Gasteiger partial charge on any atom is -0.466 e. The standard InChI is InChI=1S/C13H13ClN2O3/c1-7-10(12(17)19-2)11(16-13(18)15-7)8-4-3-5-9(14)6-8/h3-6,11H,1-2H3,(H2,15,16,18). The Morgan fingerprint density at radius 3 is 2.79 bits per heavy atom. The summed E-state index contributed by atoms with van der Waals surface area (Å²) in [6, 6.07) is 6.04. The molecular weight excluding hydrogens is 268 g/mol. The van der Waals surface area contributed by atoms with Crippen LogP contribution in [0.5, 0.6) is 0 Å². The van der Waals surface area contributed by atoms with Crippen LogP contribution in [0.25, 0.3) is 0 Å². The zero-order chi connectivity index (χ0) is 14.0. The minimum absolute atomic E-state index is 0.365. The molecule has 0 radical (unpaired) electrons. The van der Waals surface area contributed by atoms with Crippen LogP contribution in [-0.2, 0) is 9.53 Å². The van der Waals surface area contributed by atoms with Crippen LogP contribution < -0.4 is 10.6 Å². The van der Waals surface area contributed by atoms with Crippen molar-refractivity contribution in [1.29, 1.82) is 0 Å². The molecule has 5 nitrogen and oxygen atoms in total. The summed E-state index contributed by atoms with van der Waals surface area (Å²) in [6.07, 6.45) is 0. The van der Waals surface area contributed by atoms with Gasteiger partial charge in [-0.3, -0.25) is 0 Å². The van der Waals surface area contributed by atoms with Gasteiger partial charge in [-0.05, 0) is 24.6 Å². The number of esters is 1. The number of nitrogens with one attached hydrogen (secondary N) is 2. The van der Waals surface area contributed by atoms with Gasteiger partial charge in [0, 0.05) is 10.7 Å². The van der Waals surface area contributed by atoms with E-state index < -0.39 is 12.0 Å². The third kappa shape index (κ3) is 2.71. The molecule has 0 bridgehead atoms. The normalized spacial score (nSPS) is 18.7. The number of amides is 2. The Kier molecular flexibility index (Phi) is 3.76. The molecule has 1 atom stereocenters. The summed E-state index contributed by atoms with van der Waals surface area (Å²) in [7, 11) is 1.30. The molecule has 0 aliphatic carbocycles. The van der Waals surface area contributed by atoms with E-state index in [0.717, 1.165) is 5.56 Å². The first-order valence-corrected chi connectivity index (χ1v) is 6.02. The topological polar surface area (TPSA) is 67.4 Å². The number of ether oxygens (including phenoxy) is 1. The van der Waals surface area contributed by atoms with Crippen LogP contribution in [0.15, 0.2) is 35.5 Å².